The van der Waals surface area contributed by atoms with Crippen molar-refractivity contribution in [2.45, 2.75) is 57.3 Å². The summed E-state index contributed by atoms with van der Waals surface area (Å²) in [6.45, 7) is 7.08. The van der Waals surface area contributed by atoms with Crippen molar-refractivity contribution in [3.05, 3.63) is 0 Å². The number of hydrogen-bond acceptors (Lipinski definition) is 3. The van der Waals surface area contributed by atoms with Gasteiger partial charge in [0.05, 0.1) is 11.2 Å². The number of ether oxygens (including phenoxy) is 2. The Morgan fingerprint density at radius 3 is 2.71 bits per heavy atom. The predicted molar refractivity (Wildman–Crippen MR) is 57.3 cm³/mol. The van der Waals surface area contributed by atoms with Crippen molar-refractivity contribution >= 4 is 0 Å². The summed E-state index contributed by atoms with van der Waals surface area (Å²) in [5.41, 5.74) is 5.70. The van der Waals surface area contributed by atoms with Gasteiger partial charge in [-0.15, -0.1) is 0 Å². The lowest BCUT2D eigenvalue weighted by molar-refractivity contribution is -0.121. The van der Waals surface area contributed by atoms with Crippen LogP contribution in [0.4, 0.5) is 0 Å². The van der Waals surface area contributed by atoms with Crippen molar-refractivity contribution in [3.63, 3.8) is 0 Å². The zero-order valence-corrected chi connectivity index (χ0v) is 9.80. The molecule has 0 aromatic carbocycles. The molecule has 0 aromatic rings. The first kappa shape index (κ1) is 12.0. The maximum atomic E-state index is 5.95. The van der Waals surface area contributed by atoms with Crippen LogP contribution >= 0.6 is 0 Å². The van der Waals surface area contributed by atoms with Gasteiger partial charge in [0.15, 0.2) is 0 Å². The molecular formula is C11H23NO2. The van der Waals surface area contributed by atoms with E-state index in [4.69, 9.17) is 15.2 Å². The van der Waals surface area contributed by atoms with Crippen molar-refractivity contribution in [1.82, 2.24) is 0 Å². The van der Waals surface area contributed by atoms with Crippen LogP contribution in [0.25, 0.3) is 0 Å². The van der Waals surface area contributed by atoms with Gasteiger partial charge in [-0.25, -0.2) is 0 Å². The van der Waals surface area contributed by atoms with Crippen LogP contribution in [0.1, 0.15) is 40.0 Å². The maximum absolute atomic E-state index is 5.95. The molecule has 1 aliphatic heterocycles. The standard InChI is InChI=1S/C11H23NO2/c1-10(2,13-4)8-11(3)7-9(12)5-6-14-11/h9H,5-8,12H2,1-4H3. The second-order valence-corrected chi connectivity index (χ2v) is 5.19. The van der Waals surface area contributed by atoms with Crippen molar-refractivity contribution in [3.8, 4) is 0 Å². The molecular weight excluding hydrogens is 178 g/mol. The Labute approximate surface area is 86.9 Å². The molecule has 0 aromatic heterocycles. The van der Waals surface area contributed by atoms with E-state index >= 15 is 0 Å². The van der Waals surface area contributed by atoms with Crippen LogP contribution < -0.4 is 5.73 Å². The van der Waals surface area contributed by atoms with E-state index in [9.17, 15) is 0 Å². The average Bonchev–Trinajstić information content (AvgIpc) is 2.01. The monoisotopic (exact) mass is 201 g/mol. The van der Waals surface area contributed by atoms with Gasteiger partial charge in [0.25, 0.3) is 0 Å². The summed E-state index contributed by atoms with van der Waals surface area (Å²) in [4.78, 5) is 0. The van der Waals surface area contributed by atoms with Gasteiger partial charge in [-0.1, -0.05) is 0 Å². The minimum Gasteiger partial charge on any atom is -0.379 e. The molecule has 1 aliphatic rings. The third-order valence-corrected chi connectivity index (χ3v) is 2.99. The fourth-order valence-electron chi connectivity index (χ4n) is 2.27. The van der Waals surface area contributed by atoms with Gasteiger partial charge >= 0.3 is 0 Å². The SMILES string of the molecule is COC(C)(C)CC1(C)CC(N)CCO1. The molecule has 2 unspecified atom stereocenters. The highest BCUT2D eigenvalue weighted by molar-refractivity contribution is 4.90. The number of nitrogens with two attached hydrogens (primary N) is 1. The second kappa shape index (κ2) is 4.17. The van der Waals surface area contributed by atoms with Crippen molar-refractivity contribution < 1.29 is 9.47 Å². The minimum atomic E-state index is -0.133. The van der Waals surface area contributed by atoms with E-state index in [0.29, 0.717) is 0 Å². The van der Waals surface area contributed by atoms with Crippen molar-refractivity contribution in [2.75, 3.05) is 13.7 Å². The smallest absolute Gasteiger partial charge is 0.0696 e. The van der Waals surface area contributed by atoms with Gasteiger partial charge in [-0.3, -0.25) is 0 Å². The van der Waals surface area contributed by atoms with Crippen molar-refractivity contribution in [2.24, 2.45) is 5.73 Å². The average molecular weight is 201 g/mol. The van der Waals surface area contributed by atoms with Gasteiger partial charge in [-0.05, 0) is 33.6 Å². The molecule has 0 radical (unpaired) electrons. The Morgan fingerprint density at radius 1 is 1.57 bits per heavy atom. The van der Waals surface area contributed by atoms with Crippen LogP contribution in [0.3, 0.4) is 0 Å². The number of rotatable bonds is 3. The molecule has 3 nitrogen and oxygen atoms in total. The lowest BCUT2D eigenvalue weighted by Crippen LogP contribution is -2.47. The Balaban J connectivity index is 2.56. The van der Waals surface area contributed by atoms with Crippen LogP contribution in [0.15, 0.2) is 0 Å². The molecule has 0 amide bonds. The molecule has 1 saturated heterocycles. The molecule has 0 aliphatic carbocycles. The summed E-state index contributed by atoms with van der Waals surface area (Å²) in [6, 6.07) is 0.279. The van der Waals surface area contributed by atoms with E-state index < -0.39 is 0 Å². The summed E-state index contributed by atoms with van der Waals surface area (Å²) >= 11 is 0. The topological polar surface area (TPSA) is 44.5 Å². The molecule has 1 fully saturated rings. The number of hydrogen-bond donors (Lipinski definition) is 1. The molecule has 84 valence electrons. The van der Waals surface area contributed by atoms with Gasteiger partial charge in [0, 0.05) is 26.2 Å². The van der Waals surface area contributed by atoms with Gasteiger partial charge < -0.3 is 15.2 Å². The van der Waals surface area contributed by atoms with Crippen LogP contribution in [0.2, 0.25) is 0 Å². The lowest BCUT2D eigenvalue weighted by Gasteiger charge is -2.41. The van der Waals surface area contributed by atoms with Crippen LogP contribution in [-0.4, -0.2) is 31.0 Å². The summed E-state index contributed by atoms with van der Waals surface area (Å²) in [6.07, 6.45) is 2.80. The third-order valence-electron chi connectivity index (χ3n) is 2.99. The van der Waals surface area contributed by atoms with E-state index in [2.05, 4.69) is 20.8 Å². The van der Waals surface area contributed by atoms with Crippen LogP contribution in [-0.2, 0) is 9.47 Å². The highest BCUT2D eigenvalue weighted by Crippen LogP contribution is 2.33. The highest BCUT2D eigenvalue weighted by Gasteiger charge is 2.37. The molecule has 0 saturated carbocycles. The molecule has 14 heavy (non-hydrogen) atoms. The fraction of sp³-hybridized carbons (Fsp3) is 1.00. The van der Waals surface area contributed by atoms with Gasteiger partial charge in [-0.2, -0.15) is 0 Å². The Morgan fingerprint density at radius 2 is 2.21 bits per heavy atom. The summed E-state index contributed by atoms with van der Waals surface area (Å²) in [5.74, 6) is 0. The first-order valence-electron chi connectivity index (χ1n) is 5.32. The Bertz CT molecular complexity index is 194. The van der Waals surface area contributed by atoms with E-state index in [1.54, 1.807) is 7.11 Å². The van der Waals surface area contributed by atoms with Gasteiger partial charge in [0.1, 0.15) is 0 Å². The third kappa shape index (κ3) is 3.23. The second-order valence-electron chi connectivity index (χ2n) is 5.19. The molecule has 0 spiro atoms. The number of methoxy groups -OCH3 is 1. The van der Waals surface area contributed by atoms with E-state index in [0.717, 1.165) is 25.9 Å². The first-order valence-corrected chi connectivity index (χ1v) is 5.32. The molecule has 1 rings (SSSR count). The maximum Gasteiger partial charge on any atom is 0.0696 e. The predicted octanol–water partition coefficient (Wildman–Crippen LogP) is 1.70. The minimum absolute atomic E-state index is 0.114. The zero-order valence-electron chi connectivity index (χ0n) is 9.80. The zero-order chi connectivity index (χ0) is 10.8. The molecule has 0 bridgehead atoms. The Hall–Kier alpha value is -0.120. The lowest BCUT2D eigenvalue weighted by atomic mass is 9.83. The van der Waals surface area contributed by atoms with Crippen LogP contribution in [0.5, 0.6) is 0 Å². The molecule has 1 heterocycles. The van der Waals surface area contributed by atoms with Crippen LogP contribution in [0, 0.1) is 0 Å². The highest BCUT2D eigenvalue weighted by atomic mass is 16.5. The summed E-state index contributed by atoms with van der Waals surface area (Å²) in [7, 11) is 1.74. The largest absolute Gasteiger partial charge is 0.379 e. The van der Waals surface area contributed by atoms with E-state index in [1.165, 1.54) is 0 Å². The first-order chi connectivity index (χ1) is 6.37. The van der Waals surface area contributed by atoms with Crippen molar-refractivity contribution in [1.29, 1.82) is 0 Å². The summed E-state index contributed by atoms with van der Waals surface area (Å²) in [5, 5.41) is 0. The molecule has 2 N–H and O–H groups in total. The molecule has 2 atom stereocenters. The van der Waals surface area contributed by atoms with Gasteiger partial charge in [0.2, 0.25) is 0 Å². The fourth-order valence-corrected chi connectivity index (χ4v) is 2.27. The van der Waals surface area contributed by atoms with E-state index in [1.807, 2.05) is 0 Å². The normalized spacial score (nSPS) is 34.5. The Kier molecular flexibility index (Phi) is 3.56. The quantitative estimate of drug-likeness (QED) is 0.756. The molecule has 3 heteroatoms. The summed E-state index contributed by atoms with van der Waals surface area (Å²) < 4.78 is 11.2. The van der Waals surface area contributed by atoms with E-state index in [-0.39, 0.29) is 17.2 Å².